The smallest absolute Gasteiger partial charge is 0.246 e. The van der Waals surface area contributed by atoms with Gasteiger partial charge < -0.3 is 20.1 Å². The third-order valence-electron chi connectivity index (χ3n) is 4.35. The molecule has 0 saturated carbocycles. The summed E-state index contributed by atoms with van der Waals surface area (Å²) in [6, 6.07) is 11.3. The van der Waals surface area contributed by atoms with E-state index in [1.807, 2.05) is 64.1 Å². The number of amides is 1. The van der Waals surface area contributed by atoms with Gasteiger partial charge in [0.1, 0.15) is 23.6 Å². The Bertz CT molecular complexity index is 804. The van der Waals surface area contributed by atoms with E-state index in [1.165, 1.54) is 0 Å². The van der Waals surface area contributed by atoms with Crippen molar-refractivity contribution in [3.63, 3.8) is 0 Å². The van der Waals surface area contributed by atoms with Crippen LogP contribution in [0.4, 0.5) is 11.4 Å². The van der Waals surface area contributed by atoms with Crippen molar-refractivity contribution in [1.82, 2.24) is 0 Å². The first-order valence-corrected chi connectivity index (χ1v) is 9.06. The summed E-state index contributed by atoms with van der Waals surface area (Å²) in [7, 11) is 0. The SMILES string of the molecule is CCOc1cc2c(cc1N[C@H](C)C(=O)Nc1cccc(C)c1)O[C@@H](C)C2. The number of aryl methyl sites for hydroxylation is 1. The van der Waals surface area contributed by atoms with Crippen LogP contribution < -0.4 is 20.1 Å². The van der Waals surface area contributed by atoms with Crippen LogP contribution in [0.2, 0.25) is 0 Å². The quantitative estimate of drug-likeness (QED) is 0.818. The van der Waals surface area contributed by atoms with Crippen LogP contribution in [-0.2, 0) is 11.2 Å². The molecule has 2 atom stereocenters. The average Bonchev–Trinajstić information content (AvgIpc) is 2.94. The van der Waals surface area contributed by atoms with E-state index in [0.29, 0.717) is 6.61 Å². The molecule has 5 nitrogen and oxygen atoms in total. The predicted octanol–water partition coefficient (Wildman–Crippen LogP) is 4.16. The lowest BCUT2D eigenvalue weighted by Gasteiger charge is -2.19. The number of rotatable bonds is 6. The van der Waals surface area contributed by atoms with Gasteiger partial charge in [-0.25, -0.2) is 0 Å². The molecule has 0 bridgehead atoms. The number of carbonyl (C=O) groups excluding carboxylic acids is 1. The summed E-state index contributed by atoms with van der Waals surface area (Å²) in [5.41, 5.74) is 3.81. The number of benzene rings is 2. The zero-order valence-corrected chi connectivity index (χ0v) is 15.8. The summed E-state index contributed by atoms with van der Waals surface area (Å²) in [5, 5.41) is 6.20. The lowest BCUT2D eigenvalue weighted by Crippen LogP contribution is -2.32. The van der Waals surface area contributed by atoms with Crippen LogP contribution in [0.25, 0.3) is 0 Å². The van der Waals surface area contributed by atoms with Crippen LogP contribution >= 0.6 is 0 Å². The fraction of sp³-hybridized carbons (Fsp3) is 0.381. The van der Waals surface area contributed by atoms with Crippen molar-refractivity contribution in [3.8, 4) is 11.5 Å². The highest BCUT2D eigenvalue weighted by Gasteiger charge is 2.23. The molecule has 2 aromatic rings. The Kier molecular flexibility index (Phi) is 5.35. The van der Waals surface area contributed by atoms with E-state index in [-0.39, 0.29) is 12.0 Å². The van der Waals surface area contributed by atoms with E-state index in [0.717, 1.165) is 40.4 Å². The van der Waals surface area contributed by atoms with Crippen molar-refractivity contribution >= 4 is 17.3 Å². The second-order valence-corrected chi connectivity index (χ2v) is 6.75. The van der Waals surface area contributed by atoms with E-state index < -0.39 is 6.04 Å². The van der Waals surface area contributed by atoms with Gasteiger partial charge in [-0.05, 0) is 51.5 Å². The normalized spacial score (nSPS) is 16.4. The van der Waals surface area contributed by atoms with Gasteiger partial charge in [-0.1, -0.05) is 12.1 Å². The first-order valence-electron chi connectivity index (χ1n) is 9.06. The minimum atomic E-state index is -0.424. The third kappa shape index (κ3) is 4.10. The largest absolute Gasteiger partial charge is 0.492 e. The Morgan fingerprint density at radius 1 is 1.35 bits per heavy atom. The molecule has 0 spiro atoms. The maximum atomic E-state index is 12.5. The third-order valence-corrected chi connectivity index (χ3v) is 4.35. The van der Waals surface area contributed by atoms with Gasteiger partial charge in [0.05, 0.1) is 12.3 Å². The topological polar surface area (TPSA) is 59.6 Å². The lowest BCUT2D eigenvalue weighted by molar-refractivity contribution is -0.116. The van der Waals surface area contributed by atoms with Crippen molar-refractivity contribution in [2.75, 3.05) is 17.2 Å². The van der Waals surface area contributed by atoms with E-state index in [9.17, 15) is 4.79 Å². The van der Waals surface area contributed by atoms with Gasteiger partial charge in [-0.2, -0.15) is 0 Å². The summed E-state index contributed by atoms with van der Waals surface area (Å²) in [6.07, 6.45) is 1.04. The van der Waals surface area contributed by atoms with Gasteiger partial charge >= 0.3 is 0 Å². The molecule has 0 unspecified atom stereocenters. The number of fused-ring (bicyclic) bond motifs is 1. The van der Waals surface area contributed by atoms with Crippen LogP contribution in [-0.4, -0.2) is 24.7 Å². The molecular formula is C21H26N2O3. The summed E-state index contributed by atoms with van der Waals surface area (Å²) < 4.78 is 11.6. The molecule has 0 saturated heterocycles. The molecule has 1 heterocycles. The molecule has 2 N–H and O–H groups in total. The summed E-state index contributed by atoms with van der Waals surface area (Å²) in [4.78, 5) is 12.5. The molecule has 2 aromatic carbocycles. The van der Waals surface area contributed by atoms with Crippen molar-refractivity contribution in [1.29, 1.82) is 0 Å². The zero-order valence-electron chi connectivity index (χ0n) is 15.8. The molecule has 1 aliphatic heterocycles. The fourth-order valence-electron chi connectivity index (χ4n) is 3.10. The Hall–Kier alpha value is -2.69. The number of hydrogen-bond acceptors (Lipinski definition) is 4. The Balaban J connectivity index is 1.74. The number of ether oxygens (including phenoxy) is 2. The van der Waals surface area contributed by atoms with Crippen molar-refractivity contribution < 1.29 is 14.3 Å². The van der Waals surface area contributed by atoms with Crippen molar-refractivity contribution in [2.24, 2.45) is 0 Å². The Morgan fingerprint density at radius 3 is 2.88 bits per heavy atom. The van der Waals surface area contributed by atoms with Gasteiger partial charge in [0.25, 0.3) is 0 Å². The highest BCUT2D eigenvalue weighted by molar-refractivity contribution is 5.96. The number of nitrogens with one attached hydrogen (secondary N) is 2. The molecule has 1 aliphatic rings. The molecule has 0 aromatic heterocycles. The molecule has 3 rings (SSSR count). The standard InChI is InChI=1S/C21H26N2O3/c1-5-25-20-11-16-10-14(3)26-19(16)12-18(20)22-15(4)21(24)23-17-8-6-7-13(2)9-17/h6-9,11-12,14-15,22H,5,10H2,1-4H3,(H,23,24)/t14-,15+/m0/s1. The first-order chi connectivity index (χ1) is 12.5. The monoisotopic (exact) mass is 354 g/mol. The molecule has 0 radical (unpaired) electrons. The van der Waals surface area contributed by atoms with Crippen LogP contribution in [0, 0.1) is 6.92 Å². The summed E-state index contributed by atoms with van der Waals surface area (Å²) in [6.45, 7) is 8.39. The summed E-state index contributed by atoms with van der Waals surface area (Å²) in [5.74, 6) is 1.50. The number of carbonyl (C=O) groups is 1. The van der Waals surface area contributed by atoms with Gasteiger partial charge in [0, 0.05) is 23.7 Å². The molecule has 0 fully saturated rings. The highest BCUT2D eigenvalue weighted by Crippen LogP contribution is 2.38. The molecular weight excluding hydrogens is 328 g/mol. The second kappa shape index (κ2) is 7.68. The molecule has 26 heavy (non-hydrogen) atoms. The van der Waals surface area contributed by atoms with Crippen molar-refractivity contribution in [2.45, 2.75) is 46.3 Å². The van der Waals surface area contributed by atoms with E-state index in [4.69, 9.17) is 9.47 Å². The highest BCUT2D eigenvalue weighted by atomic mass is 16.5. The predicted molar refractivity (Wildman–Crippen MR) is 104 cm³/mol. The van der Waals surface area contributed by atoms with Crippen LogP contribution in [0.3, 0.4) is 0 Å². The summed E-state index contributed by atoms with van der Waals surface area (Å²) >= 11 is 0. The van der Waals surface area contributed by atoms with Crippen LogP contribution in [0.5, 0.6) is 11.5 Å². The molecule has 0 aliphatic carbocycles. The molecule has 5 heteroatoms. The lowest BCUT2D eigenvalue weighted by atomic mass is 10.1. The Morgan fingerprint density at radius 2 is 2.15 bits per heavy atom. The van der Waals surface area contributed by atoms with E-state index in [1.54, 1.807) is 0 Å². The Labute approximate surface area is 154 Å². The van der Waals surface area contributed by atoms with Gasteiger partial charge in [0.2, 0.25) is 5.91 Å². The van der Waals surface area contributed by atoms with Gasteiger partial charge in [0.15, 0.2) is 0 Å². The molecule has 1 amide bonds. The zero-order chi connectivity index (χ0) is 18.7. The molecule has 138 valence electrons. The minimum absolute atomic E-state index is 0.104. The second-order valence-electron chi connectivity index (χ2n) is 6.75. The van der Waals surface area contributed by atoms with Crippen LogP contribution in [0.1, 0.15) is 31.9 Å². The minimum Gasteiger partial charge on any atom is -0.492 e. The van der Waals surface area contributed by atoms with Crippen molar-refractivity contribution in [3.05, 3.63) is 47.5 Å². The van der Waals surface area contributed by atoms with Crippen LogP contribution in [0.15, 0.2) is 36.4 Å². The first kappa shape index (κ1) is 18.1. The maximum Gasteiger partial charge on any atom is 0.246 e. The number of anilines is 2. The van der Waals surface area contributed by atoms with E-state index in [2.05, 4.69) is 10.6 Å². The maximum absolute atomic E-state index is 12.5. The average molecular weight is 354 g/mol. The van der Waals surface area contributed by atoms with Gasteiger partial charge in [-0.3, -0.25) is 4.79 Å². The fourth-order valence-corrected chi connectivity index (χ4v) is 3.10. The van der Waals surface area contributed by atoms with Gasteiger partial charge in [-0.15, -0.1) is 0 Å². The van der Waals surface area contributed by atoms with E-state index >= 15 is 0 Å². The number of hydrogen-bond donors (Lipinski definition) is 2.